The molecule has 6 aliphatic carbocycles. The first-order valence-electron chi connectivity index (χ1n) is 35.9. The minimum atomic E-state index is -2.56. The molecule has 5 aromatic rings. The van der Waals surface area contributed by atoms with Crippen molar-refractivity contribution in [1.82, 2.24) is 0 Å². The van der Waals surface area contributed by atoms with Crippen molar-refractivity contribution < 1.29 is 61.3 Å². The third-order valence-electron chi connectivity index (χ3n) is 22.3. The Bertz CT molecular complexity index is 2560. The molecule has 478 valence electrons. The van der Waals surface area contributed by atoms with E-state index in [1.165, 1.54) is 200 Å². The minimum absolute atomic E-state index is 0. The molecule has 6 fully saturated rings. The van der Waals surface area contributed by atoms with Crippen LogP contribution in [0.3, 0.4) is 0 Å². The van der Waals surface area contributed by atoms with Gasteiger partial charge in [0.2, 0.25) is 0 Å². The third-order valence-corrected chi connectivity index (χ3v) is 30.5. The maximum atomic E-state index is 11.0. The van der Waals surface area contributed by atoms with Gasteiger partial charge in [-0.15, -0.1) is 12.2 Å². The predicted octanol–water partition coefficient (Wildman–Crippen LogP) is 19.8. The fourth-order valence-electron chi connectivity index (χ4n) is 16.7. The zero-order chi connectivity index (χ0) is 62.2. The molecule has 0 amide bonds. The number of hydrogen-bond acceptors (Lipinski definition) is 2. The van der Waals surface area contributed by atoms with Gasteiger partial charge in [-0.3, -0.25) is 0 Å². The SMILES string of the molecule is C=CC1CCC(c2ccc(C=CC3CCC(C4CCC(CCC)CC4)CC3)cc2)CC1.CC(C)(C)[O-].CCCC1CCC(C2CCC(C=Cc3ccc(C4CCC(C=O)CC4)cc3)CC2)CC1.CP(Br)(c1ccccc1)(c1ccccc1)c1ccccc1.[K+]. The second kappa shape index (κ2) is 37.6. The van der Waals surface area contributed by atoms with E-state index in [2.05, 4.69) is 212 Å². The van der Waals surface area contributed by atoms with Crippen LogP contribution < -0.4 is 72.4 Å². The average Bonchev–Trinajstić information content (AvgIpc) is 0.969. The molecule has 0 radical (unpaired) electrons. The van der Waals surface area contributed by atoms with Crippen LogP contribution in [0.25, 0.3) is 12.2 Å². The number of benzene rings is 5. The molecule has 11 rings (SSSR count). The van der Waals surface area contributed by atoms with Gasteiger partial charge < -0.3 is 9.90 Å². The number of carbonyl (C=O) groups excluding carboxylic acids is 1. The van der Waals surface area contributed by atoms with Crippen molar-refractivity contribution in [2.24, 2.45) is 59.2 Å². The Balaban J connectivity index is 0.000000185. The van der Waals surface area contributed by atoms with Gasteiger partial charge in [0.05, 0.1) is 0 Å². The summed E-state index contributed by atoms with van der Waals surface area (Å²) in [6.45, 7) is 15.9. The zero-order valence-electron chi connectivity index (χ0n) is 56.8. The van der Waals surface area contributed by atoms with E-state index in [0.717, 1.165) is 78.3 Å². The summed E-state index contributed by atoms with van der Waals surface area (Å²) in [5.41, 5.74) is 5.01. The van der Waals surface area contributed by atoms with E-state index in [1.54, 1.807) is 26.3 Å². The third kappa shape index (κ3) is 22.9. The smallest absolute Gasteiger partial charge is 1.00 e. The number of carbonyl (C=O) groups is 1. The Morgan fingerprint density at radius 2 is 0.719 bits per heavy atom. The van der Waals surface area contributed by atoms with E-state index in [4.69, 9.17) is 0 Å². The van der Waals surface area contributed by atoms with Gasteiger partial charge in [-0.1, -0.05) is 165 Å². The van der Waals surface area contributed by atoms with Crippen molar-refractivity contribution in [3.8, 4) is 0 Å². The fraction of sp³-hybridized carbons (Fsp3) is 0.560. The van der Waals surface area contributed by atoms with Crippen LogP contribution in [0, 0.1) is 59.2 Å². The molecule has 0 bridgehead atoms. The van der Waals surface area contributed by atoms with Gasteiger partial charge in [-0.05, 0) is 216 Å². The summed E-state index contributed by atoms with van der Waals surface area (Å²) >= 11 is 4.24. The monoisotopic (exact) mass is 1310 g/mol. The minimum Gasteiger partial charge on any atom is 1.00 e. The first-order chi connectivity index (χ1) is 42.6. The molecule has 0 atom stereocenters. The summed E-state index contributed by atoms with van der Waals surface area (Å²) in [4.78, 5) is 11.0. The summed E-state index contributed by atoms with van der Waals surface area (Å²) < 4.78 is 0. The molecule has 6 aliphatic rings. The van der Waals surface area contributed by atoms with E-state index >= 15 is 0 Å². The molecule has 0 spiro atoms. The zero-order valence-corrected chi connectivity index (χ0v) is 62.4. The first-order valence-corrected chi connectivity index (χ1v) is 40.6. The van der Waals surface area contributed by atoms with Crippen LogP contribution in [-0.4, -0.2) is 18.6 Å². The summed E-state index contributed by atoms with van der Waals surface area (Å²) in [5.74, 6) is 10.3. The van der Waals surface area contributed by atoms with Crippen molar-refractivity contribution in [3.05, 3.63) is 187 Å². The quantitative estimate of drug-likeness (QED) is 0.0403. The standard InChI is InChI=1S/C31H46.C30H44O.C19H18BrP.C4H9O.K/c1-3-5-25-10-18-29(19-11-25)31-22-14-27(15-23-31)7-6-26-12-20-30(21-13-26)28-16-8-24(4-2)9-17-28;1-2-3-23-6-14-27(15-7-23)28-16-8-24(9-17-28)4-5-25-10-18-29(19-11-25)30-20-12-26(22-31)13-21-30;1-21(20,17-11-5-2-6-12-17,18-13-7-3-8-14-18)19-15-9-4-10-16-19;1-4(2,3)5;/h4,6-7,12-13,20-21,24-25,27-29,31H,2-3,5,8-11,14-19,22-23H2,1H3;4-5,10-11,18-19,22-24,26-28,30H,2-3,6-9,12-17,20-21H2,1H3;2-16H,1H3;1-3H3;/q;;;-1;+1. The van der Waals surface area contributed by atoms with Gasteiger partial charge in [0.1, 0.15) is 6.29 Å². The average molecular weight is 1310 g/mol. The number of halogens is 1. The maximum absolute atomic E-state index is 11.0. The van der Waals surface area contributed by atoms with Crippen LogP contribution in [0.15, 0.2) is 164 Å². The molecule has 2 nitrogen and oxygen atoms in total. The molecule has 0 N–H and O–H groups in total. The van der Waals surface area contributed by atoms with E-state index in [-0.39, 0.29) is 51.4 Å². The number of rotatable bonds is 17. The second-order valence-electron chi connectivity index (χ2n) is 29.7. The van der Waals surface area contributed by atoms with Crippen LogP contribution in [0.5, 0.6) is 0 Å². The van der Waals surface area contributed by atoms with Crippen molar-refractivity contribution in [2.75, 3.05) is 6.66 Å². The molecule has 0 heterocycles. The number of hydrogen-bond donors (Lipinski definition) is 0. The fourth-order valence-corrected chi connectivity index (χ4v) is 22.3. The summed E-state index contributed by atoms with van der Waals surface area (Å²) in [6, 6.07) is 51.1. The van der Waals surface area contributed by atoms with Gasteiger partial charge in [-0.25, -0.2) is 0 Å². The van der Waals surface area contributed by atoms with Gasteiger partial charge in [0.25, 0.3) is 0 Å². The molecule has 89 heavy (non-hydrogen) atoms. The van der Waals surface area contributed by atoms with E-state index in [0.29, 0.717) is 11.8 Å². The molecular weight excluding hydrogens is 1190 g/mol. The van der Waals surface area contributed by atoms with Crippen molar-refractivity contribution in [2.45, 2.75) is 232 Å². The van der Waals surface area contributed by atoms with Gasteiger partial charge in [-0.2, -0.15) is 0 Å². The van der Waals surface area contributed by atoms with Gasteiger partial charge in [0, 0.05) is 5.92 Å². The summed E-state index contributed by atoms with van der Waals surface area (Å²) in [6.07, 6.45) is 52.2. The van der Waals surface area contributed by atoms with Gasteiger partial charge in [0.15, 0.2) is 0 Å². The van der Waals surface area contributed by atoms with Crippen LogP contribution in [0.1, 0.15) is 248 Å². The molecule has 5 heteroatoms. The Hall–Kier alpha value is -2.50. The summed E-state index contributed by atoms with van der Waals surface area (Å²) in [5, 5.41) is 11.6. The Morgan fingerprint density at radius 3 is 1.00 bits per heavy atom. The van der Waals surface area contributed by atoms with Crippen molar-refractivity contribution in [1.29, 1.82) is 0 Å². The van der Waals surface area contributed by atoms with Crippen LogP contribution in [0.2, 0.25) is 0 Å². The molecule has 5 aromatic carbocycles. The van der Waals surface area contributed by atoms with Crippen molar-refractivity contribution >= 4 is 55.1 Å². The largest absolute Gasteiger partial charge is 1.00 e. The molecule has 0 unspecified atom stereocenters. The first kappa shape index (κ1) is 73.9. The Labute approximate surface area is 594 Å². The van der Waals surface area contributed by atoms with E-state index in [1.807, 2.05) is 0 Å². The van der Waals surface area contributed by atoms with E-state index in [9.17, 15) is 9.90 Å². The van der Waals surface area contributed by atoms with Crippen molar-refractivity contribution in [3.63, 3.8) is 0 Å². The molecule has 0 aliphatic heterocycles. The maximum Gasteiger partial charge on any atom is 1.00 e. The predicted molar refractivity (Wildman–Crippen MR) is 388 cm³/mol. The topological polar surface area (TPSA) is 40.1 Å². The molecular formula is C84H117BrKO2P. The molecule has 0 saturated heterocycles. The Morgan fingerprint density at radius 1 is 0.438 bits per heavy atom. The Kier molecular flexibility index (Phi) is 31.2. The van der Waals surface area contributed by atoms with Crippen LogP contribution in [0.4, 0.5) is 0 Å². The number of allylic oxidation sites excluding steroid dienone is 3. The van der Waals surface area contributed by atoms with Crippen LogP contribution >= 0.6 is 20.8 Å². The van der Waals surface area contributed by atoms with Crippen LogP contribution in [-0.2, 0) is 4.79 Å². The normalized spacial score (nSPS) is 27.9. The summed E-state index contributed by atoms with van der Waals surface area (Å²) in [7, 11) is 0. The van der Waals surface area contributed by atoms with E-state index < -0.39 is 10.9 Å². The van der Waals surface area contributed by atoms with Gasteiger partial charge >= 0.3 is 186 Å². The molecule has 0 aromatic heterocycles. The number of aldehydes is 1. The molecule has 6 saturated carbocycles. The second-order valence-corrected chi connectivity index (χ2v) is 39.4.